The highest BCUT2D eigenvalue weighted by Gasteiger charge is 2.35. The molecule has 2 bridgehead atoms. The molecule has 20 heavy (non-hydrogen) atoms. The summed E-state index contributed by atoms with van der Waals surface area (Å²) in [5.74, 6) is -0.399. The molecule has 2 amide bonds. The lowest BCUT2D eigenvalue weighted by molar-refractivity contribution is -0.0219. The summed E-state index contributed by atoms with van der Waals surface area (Å²) in [6, 6.07) is 3.04. The van der Waals surface area contributed by atoms with Gasteiger partial charge >= 0.3 is 6.03 Å². The smallest absolute Gasteiger partial charge is 0.322 e. The number of rotatable bonds is 1. The third-order valence-corrected chi connectivity index (χ3v) is 4.75. The number of hydrogen-bond acceptors (Lipinski definition) is 2. The summed E-state index contributed by atoms with van der Waals surface area (Å²) in [6.45, 7) is 2.84. The van der Waals surface area contributed by atoms with Crippen LogP contribution in [0.15, 0.2) is 16.6 Å². The minimum absolute atomic E-state index is 0.135. The van der Waals surface area contributed by atoms with Crippen LogP contribution in [0.25, 0.3) is 0 Å². The monoisotopic (exact) mass is 342 g/mol. The summed E-state index contributed by atoms with van der Waals surface area (Å²) >= 11 is 3.27. The molecule has 2 saturated heterocycles. The van der Waals surface area contributed by atoms with Crippen LogP contribution in [-0.4, -0.2) is 36.2 Å². The number of carbonyl (C=O) groups excluding carboxylic acids is 1. The van der Waals surface area contributed by atoms with Gasteiger partial charge in [0.15, 0.2) is 5.82 Å². The van der Waals surface area contributed by atoms with Gasteiger partial charge in [-0.3, -0.25) is 0 Å². The molecule has 4 nitrogen and oxygen atoms in total. The number of nitrogens with zero attached hydrogens (tertiary/aromatic N) is 1. The number of morpholine rings is 1. The van der Waals surface area contributed by atoms with E-state index in [-0.39, 0.29) is 23.9 Å². The molecule has 2 aliphatic heterocycles. The molecule has 0 saturated carbocycles. The maximum absolute atomic E-state index is 14.1. The Bertz CT molecular complexity index is 540. The molecule has 1 aromatic carbocycles. The van der Waals surface area contributed by atoms with Crippen molar-refractivity contribution in [2.75, 3.05) is 18.4 Å². The van der Waals surface area contributed by atoms with Crippen molar-refractivity contribution in [1.29, 1.82) is 0 Å². The summed E-state index contributed by atoms with van der Waals surface area (Å²) in [7, 11) is 0. The molecule has 2 fully saturated rings. The van der Waals surface area contributed by atoms with Crippen LogP contribution >= 0.6 is 15.9 Å². The highest BCUT2D eigenvalue weighted by Crippen LogP contribution is 2.28. The Labute approximate surface area is 125 Å². The molecular formula is C14H16BrFN2O2. The first-order chi connectivity index (χ1) is 9.54. The van der Waals surface area contributed by atoms with Gasteiger partial charge in [0.1, 0.15) is 0 Å². The van der Waals surface area contributed by atoms with E-state index in [1.807, 2.05) is 0 Å². The van der Waals surface area contributed by atoms with E-state index in [9.17, 15) is 9.18 Å². The Morgan fingerprint density at radius 3 is 2.70 bits per heavy atom. The van der Waals surface area contributed by atoms with E-state index < -0.39 is 5.82 Å². The van der Waals surface area contributed by atoms with Gasteiger partial charge < -0.3 is 15.0 Å². The second-order valence-corrected chi connectivity index (χ2v) is 6.18. The van der Waals surface area contributed by atoms with Gasteiger partial charge in [0.05, 0.1) is 17.9 Å². The number of halogens is 2. The average Bonchev–Trinajstić information content (AvgIpc) is 2.78. The quantitative estimate of drug-likeness (QED) is 0.850. The van der Waals surface area contributed by atoms with Crippen molar-refractivity contribution in [2.24, 2.45) is 0 Å². The fraction of sp³-hybridized carbons (Fsp3) is 0.500. The third kappa shape index (κ3) is 2.54. The van der Waals surface area contributed by atoms with E-state index in [0.29, 0.717) is 23.1 Å². The van der Waals surface area contributed by atoms with Crippen LogP contribution in [0.1, 0.15) is 18.4 Å². The van der Waals surface area contributed by atoms with Gasteiger partial charge in [-0.05, 0) is 31.9 Å². The lowest BCUT2D eigenvalue weighted by Crippen LogP contribution is -2.47. The standard InChI is InChI=1S/C14H16BrFN2O2/c1-8-11(15)4-5-12(13(8)16)17-14(19)18-6-9-2-3-10(7-18)20-9/h4-5,9-10H,2-3,6-7H2,1H3,(H,17,19). The fourth-order valence-electron chi connectivity index (χ4n) is 2.73. The molecule has 0 radical (unpaired) electrons. The third-order valence-electron chi connectivity index (χ3n) is 3.89. The topological polar surface area (TPSA) is 41.6 Å². The summed E-state index contributed by atoms with van der Waals surface area (Å²) < 4.78 is 20.4. The normalized spacial score (nSPS) is 24.9. The van der Waals surface area contributed by atoms with Gasteiger partial charge in [-0.1, -0.05) is 15.9 Å². The Morgan fingerprint density at radius 2 is 2.05 bits per heavy atom. The van der Waals surface area contributed by atoms with E-state index in [1.54, 1.807) is 24.0 Å². The number of amides is 2. The van der Waals surface area contributed by atoms with Crippen molar-refractivity contribution in [3.63, 3.8) is 0 Å². The summed E-state index contributed by atoms with van der Waals surface area (Å²) in [5.41, 5.74) is 0.708. The molecular weight excluding hydrogens is 327 g/mol. The van der Waals surface area contributed by atoms with E-state index in [4.69, 9.17) is 4.74 Å². The summed E-state index contributed by atoms with van der Waals surface area (Å²) in [4.78, 5) is 13.9. The van der Waals surface area contributed by atoms with Gasteiger partial charge in [0, 0.05) is 23.1 Å². The highest BCUT2D eigenvalue weighted by molar-refractivity contribution is 9.10. The van der Waals surface area contributed by atoms with Crippen LogP contribution in [0.3, 0.4) is 0 Å². The van der Waals surface area contributed by atoms with E-state index in [1.165, 1.54) is 0 Å². The van der Waals surface area contributed by atoms with Crippen molar-refractivity contribution in [3.8, 4) is 0 Å². The SMILES string of the molecule is Cc1c(Br)ccc(NC(=O)N2CC3CCC(C2)O3)c1F. The van der Waals surface area contributed by atoms with Crippen LogP contribution in [0.2, 0.25) is 0 Å². The Morgan fingerprint density at radius 1 is 1.40 bits per heavy atom. The van der Waals surface area contributed by atoms with Gasteiger partial charge in [0.2, 0.25) is 0 Å². The lowest BCUT2D eigenvalue weighted by Gasteiger charge is -2.32. The molecule has 6 heteroatoms. The van der Waals surface area contributed by atoms with E-state index in [2.05, 4.69) is 21.2 Å². The zero-order chi connectivity index (χ0) is 14.3. The Balaban J connectivity index is 1.72. The number of fused-ring (bicyclic) bond motifs is 2. The van der Waals surface area contributed by atoms with Gasteiger partial charge in [-0.15, -0.1) is 0 Å². The second-order valence-electron chi connectivity index (χ2n) is 5.33. The minimum Gasteiger partial charge on any atom is -0.371 e. The number of hydrogen-bond donors (Lipinski definition) is 1. The summed E-state index contributed by atoms with van der Waals surface area (Å²) in [6.07, 6.45) is 2.27. The molecule has 0 spiro atoms. The number of likely N-dealkylation sites (tertiary alicyclic amines) is 1. The average molecular weight is 343 g/mol. The first-order valence-corrected chi connectivity index (χ1v) is 7.50. The van der Waals surface area contributed by atoms with Crippen LogP contribution < -0.4 is 5.32 Å². The lowest BCUT2D eigenvalue weighted by atomic mass is 10.2. The molecule has 0 aliphatic carbocycles. The predicted octanol–water partition coefficient (Wildman–Crippen LogP) is 3.29. The van der Waals surface area contributed by atoms with Crippen LogP contribution in [-0.2, 0) is 4.74 Å². The maximum atomic E-state index is 14.1. The number of carbonyl (C=O) groups is 1. The minimum atomic E-state index is -0.399. The first kappa shape index (κ1) is 13.8. The number of anilines is 1. The van der Waals surface area contributed by atoms with Crippen molar-refractivity contribution in [3.05, 3.63) is 28.0 Å². The maximum Gasteiger partial charge on any atom is 0.322 e. The molecule has 2 atom stereocenters. The molecule has 1 aromatic rings. The van der Waals surface area contributed by atoms with E-state index in [0.717, 1.165) is 12.8 Å². The molecule has 3 rings (SSSR count). The molecule has 1 N–H and O–H groups in total. The number of benzene rings is 1. The Kier molecular flexibility index (Phi) is 3.69. The van der Waals surface area contributed by atoms with Crippen LogP contribution in [0.5, 0.6) is 0 Å². The molecule has 2 heterocycles. The zero-order valence-electron chi connectivity index (χ0n) is 11.2. The van der Waals surface area contributed by atoms with Gasteiger partial charge in [0.25, 0.3) is 0 Å². The van der Waals surface area contributed by atoms with E-state index >= 15 is 0 Å². The molecule has 2 unspecified atom stereocenters. The number of urea groups is 1. The molecule has 2 aliphatic rings. The van der Waals surface area contributed by atoms with Crippen LogP contribution in [0, 0.1) is 12.7 Å². The molecule has 0 aromatic heterocycles. The van der Waals surface area contributed by atoms with Crippen molar-refractivity contribution in [2.45, 2.75) is 32.0 Å². The predicted molar refractivity (Wildman–Crippen MR) is 77.3 cm³/mol. The fourth-order valence-corrected chi connectivity index (χ4v) is 3.04. The highest BCUT2D eigenvalue weighted by atomic mass is 79.9. The van der Waals surface area contributed by atoms with Crippen LogP contribution in [0.4, 0.5) is 14.9 Å². The Hall–Kier alpha value is -1.14. The number of ether oxygens (including phenoxy) is 1. The first-order valence-electron chi connectivity index (χ1n) is 6.70. The van der Waals surface area contributed by atoms with Gasteiger partial charge in [-0.25, -0.2) is 9.18 Å². The second kappa shape index (κ2) is 5.33. The van der Waals surface area contributed by atoms with Crippen molar-refractivity contribution < 1.29 is 13.9 Å². The summed E-state index contributed by atoms with van der Waals surface area (Å²) in [5, 5.41) is 2.65. The molecule has 108 valence electrons. The van der Waals surface area contributed by atoms with Crippen molar-refractivity contribution >= 4 is 27.6 Å². The number of nitrogens with one attached hydrogen (secondary N) is 1. The van der Waals surface area contributed by atoms with Crippen molar-refractivity contribution in [1.82, 2.24) is 4.90 Å². The largest absolute Gasteiger partial charge is 0.371 e. The van der Waals surface area contributed by atoms with Gasteiger partial charge in [-0.2, -0.15) is 0 Å². The zero-order valence-corrected chi connectivity index (χ0v) is 12.7.